The highest BCUT2D eigenvalue weighted by atomic mass is 35.5. The topological polar surface area (TPSA) is 58.7 Å². The number of amides is 1. The first-order valence-corrected chi connectivity index (χ1v) is 9.41. The van der Waals surface area contributed by atoms with Crippen molar-refractivity contribution in [3.8, 4) is 0 Å². The van der Waals surface area contributed by atoms with Gasteiger partial charge in [0.05, 0.1) is 10.9 Å². The molecule has 0 saturated carbocycles. The fraction of sp³-hybridized carbons (Fsp3) is 0.200. The van der Waals surface area contributed by atoms with Gasteiger partial charge in [-0.2, -0.15) is 0 Å². The number of carbonyl (C=O) groups is 1. The van der Waals surface area contributed by atoms with Gasteiger partial charge in [0.1, 0.15) is 0 Å². The van der Waals surface area contributed by atoms with E-state index in [1.807, 2.05) is 29.2 Å². The molecule has 0 bridgehead atoms. The van der Waals surface area contributed by atoms with Crippen LogP contribution in [0.4, 0.5) is 0 Å². The van der Waals surface area contributed by atoms with Gasteiger partial charge in [-0.1, -0.05) is 42.4 Å². The van der Waals surface area contributed by atoms with E-state index < -0.39 is 0 Å². The largest absolute Gasteiger partial charge is 0.404 e. The molecule has 1 aliphatic rings. The van der Waals surface area contributed by atoms with Crippen molar-refractivity contribution in [2.24, 2.45) is 10.7 Å². The molecule has 2 N–H and O–H groups in total. The van der Waals surface area contributed by atoms with Gasteiger partial charge in [0.2, 0.25) is 5.91 Å². The molecule has 134 valence electrons. The Hall–Kier alpha value is -2.37. The van der Waals surface area contributed by atoms with Gasteiger partial charge in [-0.3, -0.25) is 9.79 Å². The van der Waals surface area contributed by atoms with E-state index >= 15 is 0 Å². The number of aliphatic imine (C=N–C) groups is 1. The predicted molar refractivity (Wildman–Crippen MR) is 110 cm³/mol. The lowest BCUT2D eigenvalue weighted by atomic mass is 9.84. The average molecular weight is 386 g/mol. The van der Waals surface area contributed by atoms with E-state index in [1.54, 1.807) is 19.5 Å². The van der Waals surface area contributed by atoms with Gasteiger partial charge in [-0.25, -0.2) is 0 Å². The van der Waals surface area contributed by atoms with Crippen LogP contribution in [0.5, 0.6) is 0 Å². The minimum Gasteiger partial charge on any atom is -0.404 e. The Morgan fingerprint density at radius 3 is 2.88 bits per heavy atom. The van der Waals surface area contributed by atoms with Crippen LogP contribution in [0.1, 0.15) is 27.5 Å². The van der Waals surface area contributed by atoms with Gasteiger partial charge in [-0.15, -0.1) is 11.3 Å². The summed E-state index contributed by atoms with van der Waals surface area (Å²) in [7, 11) is 1.72. The number of carbonyl (C=O) groups excluding carboxylic acids is 1. The third-order valence-corrected chi connectivity index (χ3v) is 5.77. The zero-order chi connectivity index (χ0) is 18.7. The van der Waals surface area contributed by atoms with Gasteiger partial charge in [-0.05, 0) is 28.8 Å². The average Bonchev–Trinajstić information content (AvgIpc) is 3.04. The number of hydrogen-bond donors (Lipinski definition) is 1. The molecule has 1 aromatic heterocycles. The lowest BCUT2D eigenvalue weighted by molar-refractivity contribution is -0.127. The molecule has 0 unspecified atom stereocenters. The molecule has 26 heavy (non-hydrogen) atoms. The Bertz CT molecular complexity index is 900. The SMILES string of the molecule is C=CC(=O)N1Cc2sc(Cl)cc2[C@@H](c2ccccc2C(C=NC)=CN)C1. The van der Waals surface area contributed by atoms with Crippen molar-refractivity contribution >= 4 is 40.6 Å². The Labute approximate surface area is 162 Å². The van der Waals surface area contributed by atoms with Crippen molar-refractivity contribution in [2.75, 3.05) is 13.6 Å². The van der Waals surface area contributed by atoms with E-state index in [9.17, 15) is 4.79 Å². The second-order valence-corrected chi connectivity index (χ2v) is 7.77. The molecule has 0 fully saturated rings. The summed E-state index contributed by atoms with van der Waals surface area (Å²) in [6.07, 6.45) is 4.66. The normalized spacial score (nSPS) is 17.4. The highest BCUT2D eigenvalue weighted by molar-refractivity contribution is 7.16. The number of benzene rings is 1. The van der Waals surface area contributed by atoms with Crippen LogP contribution in [-0.4, -0.2) is 30.6 Å². The molecule has 1 aliphatic heterocycles. The van der Waals surface area contributed by atoms with Crippen molar-refractivity contribution in [1.29, 1.82) is 0 Å². The van der Waals surface area contributed by atoms with E-state index in [4.69, 9.17) is 17.3 Å². The molecule has 1 aromatic carbocycles. The number of nitrogens with zero attached hydrogens (tertiary/aromatic N) is 2. The molecule has 0 radical (unpaired) electrons. The number of thiophene rings is 1. The first-order chi connectivity index (χ1) is 12.6. The van der Waals surface area contributed by atoms with Crippen LogP contribution in [-0.2, 0) is 11.3 Å². The van der Waals surface area contributed by atoms with Gasteiger partial charge in [0.25, 0.3) is 0 Å². The Balaban J connectivity index is 2.13. The summed E-state index contributed by atoms with van der Waals surface area (Å²) in [5.74, 6) is -0.0600. The molecule has 6 heteroatoms. The smallest absolute Gasteiger partial charge is 0.246 e. The first kappa shape index (κ1) is 18.4. The Morgan fingerprint density at radius 2 is 2.19 bits per heavy atom. The summed E-state index contributed by atoms with van der Waals surface area (Å²) >= 11 is 7.81. The van der Waals surface area contributed by atoms with Crippen LogP contribution >= 0.6 is 22.9 Å². The highest BCUT2D eigenvalue weighted by Crippen LogP contribution is 2.41. The predicted octanol–water partition coefficient (Wildman–Crippen LogP) is 4.06. The molecule has 1 amide bonds. The number of halogens is 1. The number of fused-ring (bicyclic) bond motifs is 1. The second-order valence-electron chi connectivity index (χ2n) is 6.00. The molecule has 2 aromatic rings. The molecule has 2 heterocycles. The zero-order valence-electron chi connectivity index (χ0n) is 14.5. The Kier molecular flexibility index (Phi) is 5.59. The first-order valence-electron chi connectivity index (χ1n) is 8.21. The quantitative estimate of drug-likeness (QED) is 0.637. The van der Waals surface area contributed by atoms with E-state index in [-0.39, 0.29) is 11.8 Å². The third kappa shape index (κ3) is 3.45. The van der Waals surface area contributed by atoms with Crippen LogP contribution in [0.2, 0.25) is 4.34 Å². The summed E-state index contributed by atoms with van der Waals surface area (Å²) < 4.78 is 0.732. The number of hydrogen-bond acceptors (Lipinski definition) is 4. The second kappa shape index (κ2) is 7.89. The van der Waals surface area contributed by atoms with E-state index in [0.29, 0.717) is 13.1 Å². The van der Waals surface area contributed by atoms with E-state index in [1.165, 1.54) is 23.0 Å². The molecular formula is C20H20ClN3OS. The lowest BCUT2D eigenvalue weighted by Crippen LogP contribution is -2.37. The van der Waals surface area contributed by atoms with Crippen LogP contribution in [0.25, 0.3) is 5.57 Å². The molecule has 0 spiro atoms. The molecule has 0 aliphatic carbocycles. The zero-order valence-corrected chi connectivity index (χ0v) is 16.1. The standard InChI is InChI=1S/C20H20ClN3OS/c1-3-20(25)24-11-17(16-8-19(21)26-18(16)12-24)15-7-5-4-6-14(15)13(9-22)10-23-2/h3-10,17H,1,11-12,22H2,2H3/t17-/m1/s1. The van der Waals surface area contributed by atoms with Crippen LogP contribution in [0.15, 0.2) is 54.2 Å². The summed E-state index contributed by atoms with van der Waals surface area (Å²) in [5.41, 5.74) is 9.96. The fourth-order valence-corrected chi connectivity index (χ4v) is 4.71. The third-order valence-electron chi connectivity index (χ3n) is 4.51. The maximum atomic E-state index is 12.3. The molecule has 1 atom stereocenters. The van der Waals surface area contributed by atoms with Crippen molar-refractivity contribution < 1.29 is 4.79 Å². The summed E-state index contributed by atoms with van der Waals surface area (Å²) in [6, 6.07) is 10.1. The monoisotopic (exact) mass is 385 g/mol. The summed E-state index contributed by atoms with van der Waals surface area (Å²) in [5, 5.41) is 0. The van der Waals surface area contributed by atoms with Gasteiger partial charge >= 0.3 is 0 Å². The van der Waals surface area contributed by atoms with Crippen molar-refractivity contribution in [2.45, 2.75) is 12.5 Å². The van der Waals surface area contributed by atoms with Crippen molar-refractivity contribution in [3.63, 3.8) is 0 Å². The number of rotatable bonds is 4. The summed E-state index contributed by atoms with van der Waals surface area (Å²) in [4.78, 5) is 19.3. The van der Waals surface area contributed by atoms with Crippen molar-refractivity contribution in [3.05, 3.63) is 75.1 Å². The molecular weight excluding hydrogens is 366 g/mol. The summed E-state index contributed by atoms with van der Waals surface area (Å²) in [6.45, 7) is 4.76. The number of nitrogens with two attached hydrogens (primary N) is 1. The molecule has 3 rings (SSSR count). The van der Waals surface area contributed by atoms with Crippen LogP contribution in [0, 0.1) is 0 Å². The van der Waals surface area contributed by atoms with E-state index in [2.05, 4.69) is 17.6 Å². The van der Waals surface area contributed by atoms with Crippen molar-refractivity contribution in [1.82, 2.24) is 4.90 Å². The lowest BCUT2D eigenvalue weighted by Gasteiger charge is -2.33. The van der Waals surface area contributed by atoms with Gasteiger partial charge in [0.15, 0.2) is 0 Å². The van der Waals surface area contributed by atoms with Crippen LogP contribution in [0.3, 0.4) is 0 Å². The number of allylic oxidation sites excluding steroid dienone is 1. The Morgan fingerprint density at radius 1 is 1.42 bits per heavy atom. The van der Waals surface area contributed by atoms with Gasteiger partial charge in [0, 0.05) is 42.4 Å². The minimum absolute atomic E-state index is 0.0165. The highest BCUT2D eigenvalue weighted by Gasteiger charge is 2.31. The maximum Gasteiger partial charge on any atom is 0.246 e. The fourth-order valence-electron chi connectivity index (χ4n) is 3.35. The van der Waals surface area contributed by atoms with E-state index in [0.717, 1.165) is 25.9 Å². The maximum absolute atomic E-state index is 12.3. The minimum atomic E-state index is -0.0765. The van der Waals surface area contributed by atoms with Crippen LogP contribution < -0.4 is 5.73 Å². The molecule has 4 nitrogen and oxygen atoms in total. The molecule has 0 saturated heterocycles. The van der Waals surface area contributed by atoms with Gasteiger partial charge < -0.3 is 10.6 Å².